The Hall–Kier alpha value is -0.530. The normalized spacial score (nSPS) is 42.7. The second kappa shape index (κ2) is 2.73. The second-order valence-electron chi connectivity index (χ2n) is 5.01. The van der Waals surface area contributed by atoms with Crippen LogP contribution < -0.4 is 0 Å². The molecule has 0 bridgehead atoms. The molecule has 0 aromatic heterocycles. The van der Waals surface area contributed by atoms with Gasteiger partial charge in [-0.1, -0.05) is 13.3 Å². The van der Waals surface area contributed by atoms with Crippen LogP contribution in [0, 0.1) is 17.8 Å². The summed E-state index contributed by atoms with van der Waals surface area (Å²) in [5, 5.41) is 0. The van der Waals surface area contributed by atoms with Gasteiger partial charge in [-0.25, -0.2) is 0 Å². The number of cyclic esters (lactones) is 1. The Kier molecular flexibility index (Phi) is 1.90. The molecule has 1 heterocycles. The van der Waals surface area contributed by atoms with Crippen molar-refractivity contribution in [3.05, 3.63) is 0 Å². The van der Waals surface area contributed by atoms with Crippen LogP contribution in [-0.2, 0) is 9.53 Å². The molecule has 2 fully saturated rings. The van der Waals surface area contributed by atoms with E-state index in [1.807, 2.05) is 13.8 Å². The van der Waals surface area contributed by atoms with E-state index in [1.54, 1.807) is 0 Å². The molecule has 2 nitrogen and oxygen atoms in total. The Labute approximate surface area is 79.7 Å². The van der Waals surface area contributed by atoms with Gasteiger partial charge in [0.15, 0.2) is 0 Å². The predicted octanol–water partition coefficient (Wildman–Crippen LogP) is 2.37. The Morgan fingerprint density at radius 1 is 1.38 bits per heavy atom. The van der Waals surface area contributed by atoms with Gasteiger partial charge < -0.3 is 4.74 Å². The zero-order valence-electron chi connectivity index (χ0n) is 8.67. The molecule has 1 aliphatic heterocycles. The van der Waals surface area contributed by atoms with Gasteiger partial charge in [0.2, 0.25) is 0 Å². The number of rotatable bonds is 0. The topological polar surface area (TPSA) is 26.3 Å². The minimum absolute atomic E-state index is 0.0469. The maximum absolute atomic E-state index is 11.6. The second-order valence-corrected chi connectivity index (χ2v) is 5.01. The van der Waals surface area contributed by atoms with Crippen LogP contribution in [0.2, 0.25) is 0 Å². The summed E-state index contributed by atoms with van der Waals surface area (Å²) >= 11 is 0. The monoisotopic (exact) mass is 182 g/mol. The van der Waals surface area contributed by atoms with Gasteiger partial charge in [0.05, 0.1) is 5.92 Å². The molecule has 13 heavy (non-hydrogen) atoms. The molecule has 1 saturated carbocycles. The maximum Gasteiger partial charge on any atom is 0.309 e. The summed E-state index contributed by atoms with van der Waals surface area (Å²) < 4.78 is 5.46. The Morgan fingerprint density at radius 2 is 2.08 bits per heavy atom. The molecule has 74 valence electrons. The van der Waals surface area contributed by atoms with E-state index in [-0.39, 0.29) is 17.5 Å². The van der Waals surface area contributed by atoms with Gasteiger partial charge in [-0.15, -0.1) is 0 Å². The number of ether oxygens (including phenoxy) is 1. The summed E-state index contributed by atoms with van der Waals surface area (Å²) in [7, 11) is 0. The lowest BCUT2D eigenvalue weighted by Crippen LogP contribution is -2.48. The summed E-state index contributed by atoms with van der Waals surface area (Å²) in [6.45, 7) is 6.28. The highest BCUT2D eigenvalue weighted by atomic mass is 16.6. The van der Waals surface area contributed by atoms with Crippen molar-refractivity contribution in [2.75, 3.05) is 0 Å². The van der Waals surface area contributed by atoms with Crippen molar-refractivity contribution in [2.45, 2.75) is 45.6 Å². The van der Waals surface area contributed by atoms with E-state index in [2.05, 4.69) is 6.92 Å². The van der Waals surface area contributed by atoms with Crippen molar-refractivity contribution in [3.63, 3.8) is 0 Å². The van der Waals surface area contributed by atoms with E-state index in [4.69, 9.17) is 4.74 Å². The van der Waals surface area contributed by atoms with Gasteiger partial charge in [0.1, 0.15) is 5.60 Å². The first-order valence-corrected chi connectivity index (χ1v) is 5.25. The van der Waals surface area contributed by atoms with E-state index in [1.165, 1.54) is 12.8 Å². The summed E-state index contributed by atoms with van der Waals surface area (Å²) in [5.74, 6) is 1.35. The largest absolute Gasteiger partial charge is 0.459 e. The number of fused-ring (bicyclic) bond motifs is 1. The quantitative estimate of drug-likeness (QED) is 0.538. The van der Waals surface area contributed by atoms with Crippen molar-refractivity contribution >= 4 is 5.97 Å². The lowest BCUT2D eigenvalue weighted by atomic mass is 9.74. The first-order chi connectivity index (χ1) is 6.02. The first kappa shape index (κ1) is 9.04. The Balaban J connectivity index is 2.25. The minimum Gasteiger partial charge on any atom is -0.459 e. The first-order valence-electron chi connectivity index (χ1n) is 5.25. The smallest absolute Gasteiger partial charge is 0.309 e. The van der Waals surface area contributed by atoms with Gasteiger partial charge in [0, 0.05) is 0 Å². The van der Waals surface area contributed by atoms with E-state index in [0.29, 0.717) is 11.8 Å². The standard InChI is InChI=1S/C11H18O2/c1-7-8-5-4-6-9(8)10(12)13-11(7,2)3/h7-9H,4-6H2,1-3H3. The molecular weight excluding hydrogens is 164 g/mol. The number of hydrogen-bond acceptors (Lipinski definition) is 2. The summed E-state index contributed by atoms with van der Waals surface area (Å²) in [6, 6.07) is 0. The highest BCUT2D eigenvalue weighted by Gasteiger charge is 2.49. The highest BCUT2D eigenvalue weighted by Crippen LogP contribution is 2.46. The Bertz CT molecular complexity index is 232. The van der Waals surface area contributed by atoms with Crippen LogP contribution in [0.3, 0.4) is 0 Å². The molecule has 0 spiro atoms. The van der Waals surface area contributed by atoms with E-state index in [9.17, 15) is 4.79 Å². The van der Waals surface area contributed by atoms with E-state index >= 15 is 0 Å². The molecule has 0 aromatic rings. The average Bonchev–Trinajstić information content (AvgIpc) is 2.47. The predicted molar refractivity (Wildman–Crippen MR) is 50.2 cm³/mol. The molecule has 0 aromatic carbocycles. The number of carbonyl (C=O) groups excluding carboxylic acids is 1. The highest BCUT2D eigenvalue weighted by molar-refractivity contribution is 5.74. The maximum atomic E-state index is 11.6. The summed E-state index contributed by atoms with van der Waals surface area (Å²) in [5.41, 5.74) is -0.247. The third-order valence-electron chi connectivity index (χ3n) is 3.97. The molecular formula is C11H18O2. The van der Waals surface area contributed by atoms with Crippen LogP contribution in [0.1, 0.15) is 40.0 Å². The molecule has 2 heteroatoms. The average molecular weight is 182 g/mol. The zero-order valence-corrected chi connectivity index (χ0v) is 8.67. The van der Waals surface area contributed by atoms with Crippen LogP contribution >= 0.6 is 0 Å². The molecule has 1 saturated heterocycles. The fourth-order valence-corrected chi connectivity index (χ4v) is 2.82. The van der Waals surface area contributed by atoms with Crippen molar-refractivity contribution in [2.24, 2.45) is 17.8 Å². The van der Waals surface area contributed by atoms with Crippen molar-refractivity contribution in [1.82, 2.24) is 0 Å². The number of carbonyl (C=O) groups is 1. The molecule has 2 rings (SSSR count). The van der Waals surface area contributed by atoms with Crippen molar-refractivity contribution < 1.29 is 9.53 Å². The number of esters is 1. The summed E-state index contributed by atoms with van der Waals surface area (Å²) in [4.78, 5) is 11.6. The van der Waals surface area contributed by atoms with Crippen LogP contribution in [0.4, 0.5) is 0 Å². The minimum atomic E-state index is -0.247. The van der Waals surface area contributed by atoms with Crippen LogP contribution in [0.15, 0.2) is 0 Å². The van der Waals surface area contributed by atoms with E-state index in [0.717, 1.165) is 6.42 Å². The van der Waals surface area contributed by atoms with Crippen molar-refractivity contribution in [3.8, 4) is 0 Å². The fourth-order valence-electron chi connectivity index (χ4n) is 2.82. The molecule has 2 aliphatic rings. The Morgan fingerprint density at radius 3 is 2.77 bits per heavy atom. The molecule has 0 N–H and O–H groups in total. The van der Waals surface area contributed by atoms with Gasteiger partial charge in [-0.05, 0) is 38.5 Å². The molecule has 0 radical (unpaired) electrons. The van der Waals surface area contributed by atoms with Crippen molar-refractivity contribution in [1.29, 1.82) is 0 Å². The van der Waals surface area contributed by atoms with Crippen LogP contribution in [0.5, 0.6) is 0 Å². The van der Waals surface area contributed by atoms with Crippen LogP contribution in [0.25, 0.3) is 0 Å². The number of hydrogen-bond donors (Lipinski definition) is 0. The van der Waals surface area contributed by atoms with E-state index < -0.39 is 0 Å². The summed E-state index contributed by atoms with van der Waals surface area (Å²) in [6.07, 6.45) is 3.46. The molecule has 3 unspecified atom stereocenters. The molecule has 3 atom stereocenters. The lowest BCUT2D eigenvalue weighted by Gasteiger charge is -2.42. The SMILES string of the molecule is CC1C2CCCC2C(=O)OC1(C)C. The zero-order chi connectivity index (χ0) is 9.64. The van der Waals surface area contributed by atoms with Gasteiger partial charge in [-0.2, -0.15) is 0 Å². The molecule has 0 amide bonds. The third-order valence-corrected chi connectivity index (χ3v) is 3.97. The lowest BCUT2D eigenvalue weighted by molar-refractivity contribution is -0.183. The van der Waals surface area contributed by atoms with Gasteiger partial charge in [0.25, 0.3) is 0 Å². The van der Waals surface area contributed by atoms with Gasteiger partial charge >= 0.3 is 5.97 Å². The fraction of sp³-hybridized carbons (Fsp3) is 0.909. The third kappa shape index (κ3) is 1.27. The van der Waals surface area contributed by atoms with Gasteiger partial charge in [-0.3, -0.25) is 4.79 Å². The molecule has 1 aliphatic carbocycles. The van der Waals surface area contributed by atoms with Crippen LogP contribution in [-0.4, -0.2) is 11.6 Å².